The van der Waals surface area contributed by atoms with E-state index in [1.807, 2.05) is 69.6 Å². The van der Waals surface area contributed by atoms with Crippen molar-refractivity contribution < 1.29 is 4.79 Å². The highest BCUT2D eigenvalue weighted by Crippen LogP contribution is 2.12. The van der Waals surface area contributed by atoms with Crippen LogP contribution in [-0.4, -0.2) is 49.1 Å². The Hall–Kier alpha value is -3.53. The number of aliphatic imine (C=N–C) groups is 1. The van der Waals surface area contributed by atoms with Crippen LogP contribution in [0.2, 0.25) is 0 Å². The maximum Gasteiger partial charge on any atom is 0.150 e. The number of nitriles is 1. The van der Waals surface area contributed by atoms with E-state index in [1.54, 1.807) is 0 Å². The molecule has 0 saturated carbocycles. The molecule has 0 fully saturated rings. The SMILES string of the molecule is C=CN(Cc1ccc(C#N)cc1)C(CN(C)CCc1ccc(Br)cc1)=NC.Cc1ccc(C=O)cc1C. The molecule has 0 aliphatic rings. The third kappa shape index (κ3) is 10.2. The van der Waals surface area contributed by atoms with Gasteiger partial charge in [-0.05, 0) is 86.1 Å². The van der Waals surface area contributed by atoms with Crippen LogP contribution in [0, 0.1) is 25.2 Å². The van der Waals surface area contributed by atoms with E-state index in [-0.39, 0.29) is 0 Å². The standard InChI is InChI=1S/C22H25BrN4.C9H10O/c1-4-27(16-20-7-5-19(15-24)6-8-20)22(25-2)17-26(3)14-13-18-9-11-21(23)12-10-18;1-7-3-4-9(6-10)5-8(7)2/h4-12H,1,13-14,16-17H2,2-3H3;3-6H,1-2H3. The predicted molar refractivity (Wildman–Crippen MR) is 157 cm³/mol. The molecule has 3 aromatic carbocycles. The van der Waals surface area contributed by atoms with Crippen LogP contribution in [0.15, 0.2) is 89.0 Å². The highest BCUT2D eigenvalue weighted by molar-refractivity contribution is 9.10. The summed E-state index contributed by atoms with van der Waals surface area (Å²) in [5, 5.41) is 8.92. The molecule has 3 rings (SSSR count). The molecule has 0 aliphatic carbocycles. The molecule has 37 heavy (non-hydrogen) atoms. The molecular formula is C31H35BrN4O. The number of nitrogens with zero attached hydrogens (tertiary/aromatic N) is 4. The molecule has 0 atom stereocenters. The van der Waals surface area contributed by atoms with Gasteiger partial charge in [0.15, 0.2) is 0 Å². The van der Waals surface area contributed by atoms with Crippen molar-refractivity contribution in [3.8, 4) is 6.07 Å². The van der Waals surface area contributed by atoms with Gasteiger partial charge in [-0.25, -0.2) is 0 Å². The Morgan fingerprint density at radius 1 is 1.03 bits per heavy atom. The van der Waals surface area contributed by atoms with Crippen LogP contribution < -0.4 is 0 Å². The molecule has 0 aliphatic heterocycles. The second-order valence-corrected chi connectivity index (χ2v) is 9.75. The maximum absolute atomic E-state index is 10.3. The minimum Gasteiger partial charge on any atom is -0.332 e. The summed E-state index contributed by atoms with van der Waals surface area (Å²) in [4.78, 5) is 19.1. The fraction of sp³-hybridized carbons (Fsp3) is 0.258. The van der Waals surface area contributed by atoms with E-state index in [1.165, 1.54) is 16.7 Å². The highest BCUT2D eigenvalue weighted by Gasteiger charge is 2.11. The number of aryl methyl sites for hydroxylation is 2. The van der Waals surface area contributed by atoms with Crippen molar-refractivity contribution in [1.29, 1.82) is 5.26 Å². The van der Waals surface area contributed by atoms with Gasteiger partial charge in [0.1, 0.15) is 12.1 Å². The van der Waals surface area contributed by atoms with Crippen LogP contribution in [0.1, 0.15) is 38.2 Å². The van der Waals surface area contributed by atoms with E-state index in [0.29, 0.717) is 12.1 Å². The molecule has 0 heterocycles. The van der Waals surface area contributed by atoms with Gasteiger partial charge in [0, 0.05) is 30.2 Å². The second kappa shape index (κ2) is 15.6. The quantitative estimate of drug-likeness (QED) is 0.169. The largest absolute Gasteiger partial charge is 0.332 e. The third-order valence-electron chi connectivity index (χ3n) is 6.02. The molecule has 0 amide bonds. The Morgan fingerprint density at radius 2 is 1.68 bits per heavy atom. The number of rotatable bonds is 9. The van der Waals surface area contributed by atoms with Crippen molar-refractivity contribution >= 4 is 28.1 Å². The van der Waals surface area contributed by atoms with Gasteiger partial charge in [0.2, 0.25) is 0 Å². The van der Waals surface area contributed by atoms with Crippen LogP contribution in [0.5, 0.6) is 0 Å². The fourth-order valence-electron chi connectivity index (χ4n) is 3.56. The predicted octanol–water partition coefficient (Wildman–Crippen LogP) is 6.59. The third-order valence-corrected chi connectivity index (χ3v) is 6.55. The van der Waals surface area contributed by atoms with Crippen molar-refractivity contribution in [2.75, 3.05) is 27.2 Å². The first kappa shape index (κ1) is 29.7. The number of benzene rings is 3. The minimum absolute atomic E-state index is 0.668. The molecule has 0 saturated heterocycles. The van der Waals surface area contributed by atoms with Crippen molar-refractivity contribution in [1.82, 2.24) is 9.80 Å². The Balaban J connectivity index is 0.000000402. The fourth-order valence-corrected chi connectivity index (χ4v) is 3.83. The maximum atomic E-state index is 10.3. The van der Waals surface area contributed by atoms with E-state index in [0.717, 1.165) is 47.2 Å². The van der Waals surface area contributed by atoms with Gasteiger partial charge in [-0.1, -0.05) is 58.9 Å². The Labute approximate surface area is 229 Å². The Bertz CT molecular complexity index is 1230. The normalized spacial score (nSPS) is 10.8. The van der Waals surface area contributed by atoms with E-state index >= 15 is 0 Å². The molecule has 6 heteroatoms. The molecule has 3 aromatic rings. The number of carbonyl (C=O) groups is 1. The van der Waals surface area contributed by atoms with E-state index in [2.05, 4.69) is 74.7 Å². The number of carbonyl (C=O) groups excluding carboxylic acids is 1. The second-order valence-electron chi connectivity index (χ2n) is 8.83. The summed E-state index contributed by atoms with van der Waals surface area (Å²) >= 11 is 3.47. The Morgan fingerprint density at radius 3 is 2.22 bits per heavy atom. The van der Waals surface area contributed by atoms with Crippen molar-refractivity contribution in [3.05, 3.63) is 117 Å². The van der Waals surface area contributed by atoms with Crippen molar-refractivity contribution in [2.24, 2.45) is 4.99 Å². The first-order valence-electron chi connectivity index (χ1n) is 12.1. The van der Waals surface area contributed by atoms with Gasteiger partial charge < -0.3 is 4.90 Å². The molecule has 192 valence electrons. The molecule has 0 unspecified atom stereocenters. The highest BCUT2D eigenvalue weighted by atomic mass is 79.9. The number of amidine groups is 1. The van der Waals surface area contributed by atoms with Gasteiger partial charge in [0.05, 0.1) is 18.2 Å². The van der Waals surface area contributed by atoms with Gasteiger partial charge in [-0.3, -0.25) is 14.7 Å². The zero-order chi connectivity index (χ0) is 27.2. The van der Waals surface area contributed by atoms with Crippen LogP contribution in [-0.2, 0) is 13.0 Å². The molecular weight excluding hydrogens is 524 g/mol. The lowest BCUT2D eigenvalue weighted by molar-refractivity contribution is 0.112. The summed E-state index contributed by atoms with van der Waals surface area (Å²) in [5.74, 6) is 0.965. The summed E-state index contributed by atoms with van der Waals surface area (Å²) in [5.41, 5.74) is 6.25. The van der Waals surface area contributed by atoms with Crippen molar-refractivity contribution in [2.45, 2.75) is 26.8 Å². The summed E-state index contributed by atoms with van der Waals surface area (Å²) in [6.07, 6.45) is 3.67. The first-order valence-corrected chi connectivity index (χ1v) is 12.9. The molecule has 0 spiro atoms. The molecule has 0 bridgehead atoms. The topological polar surface area (TPSA) is 59.7 Å². The lowest BCUT2D eigenvalue weighted by Gasteiger charge is -2.26. The number of hydrogen-bond donors (Lipinski definition) is 0. The molecule has 0 aromatic heterocycles. The summed E-state index contributed by atoms with van der Waals surface area (Å²) < 4.78 is 1.10. The summed E-state index contributed by atoms with van der Waals surface area (Å²) in [6, 6.07) is 23.9. The smallest absolute Gasteiger partial charge is 0.150 e. The summed E-state index contributed by atoms with van der Waals surface area (Å²) in [6.45, 7) is 10.3. The van der Waals surface area contributed by atoms with E-state index in [9.17, 15) is 4.79 Å². The lowest BCUT2D eigenvalue weighted by Crippen LogP contribution is -2.36. The zero-order valence-corrected chi connectivity index (χ0v) is 23.7. The van der Waals surface area contributed by atoms with Crippen LogP contribution >= 0.6 is 15.9 Å². The van der Waals surface area contributed by atoms with Crippen molar-refractivity contribution in [3.63, 3.8) is 0 Å². The average Bonchev–Trinajstić information content (AvgIpc) is 2.92. The molecule has 0 N–H and O–H groups in total. The molecule has 5 nitrogen and oxygen atoms in total. The first-order chi connectivity index (χ1) is 17.8. The summed E-state index contributed by atoms with van der Waals surface area (Å²) in [7, 11) is 3.92. The number of likely N-dealkylation sites (N-methyl/N-ethyl adjacent to an activating group) is 1. The monoisotopic (exact) mass is 558 g/mol. The van der Waals surface area contributed by atoms with E-state index in [4.69, 9.17) is 5.26 Å². The minimum atomic E-state index is 0.668. The van der Waals surface area contributed by atoms with Gasteiger partial charge in [0.25, 0.3) is 0 Å². The lowest BCUT2D eigenvalue weighted by atomic mass is 10.1. The van der Waals surface area contributed by atoms with Crippen LogP contribution in [0.3, 0.4) is 0 Å². The molecule has 0 radical (unpaired) electrons. The van der Waals surface area contributed by atoms with Gasteiger partial charge in [-0.2, -0.15) is 5.26 Å². The van der Waals surface area contributed by atoms with Gasteiger partial charge in [-0.15, -0.1) is 0 Å². The van der Waals surface area contributed by atoms with E-state index < -0.39 is 0 Å². The van der Waals surface area contributed by atoms with Crippen LogP contribution in [0.4, 0.5) is 0 Å². The zero-order valence-electron chi connectivity index (χ0n) is 22.1. The number of hydrogen-bond acceptors (Lipinski definition) is 4. The Kier molecular flexibility index (Phi) is 12.5. The van der Waals surface area contributed by atoms with Crippen LogP contribution in [0.25, 0.3) is 0 Å². The number of halogens is 1. The van der Waals surface area contributed by atoms with Gasteiger partial charge >= 0.3 is 0 Å². The average molecular weight is 560 g/mol. The number of aldehydes is 1.